The number of hydrogen-bond donors (Lipinski definition) is 0. The fourth-order valence-corrected chi connectivity index (χ4v) is 1.88. The lowest BCUT2D eigenvalue weighted by molar-refractivity contribution is 0.0456. The van der Waals surface area contributed by atoms with Crippen LogP contribution < -0.4 is 0 Å². The van der Waals surface area contributed by atoms with Crippen LogP contribution in [0.25, 0.3) is 0 Å². The fraction of sp³-hybridized carbons (Fsp3) is 0.429. The first kappa shape index (κ1) is 15.1. The second-order valence-electron chi connectivity index (χ2n) is 4.53. The van der Waals surface area contributed by atoms with E-state index in [4.69, 9.17) is 9.47 Å². The maximum atomic E-state index is 12.0. The van der Waals surface area contributed by atoms with E-state index < -0.39 is 5.97 Å². The SMILES string of the molecule is CCCn1nnnc1COC(=O)c1cccc(COC)c1. The third-order valence-corrected chi connectivity index (χ3v) is 2.85. The topological polar surface area (TPSA) is 79.1 Å². The Hall–Kier alpha value is -2.28. The Kier molecular flexibility index (Phi) is 5.39. The van der Waals surface area contributed by atoms with E-state index in [-0.39, 0.29) is 6.61 Å². The monoisotopic (exact) mass is 290 g/mol. The number of tetrazole rings is 1. The second-order valence-corrected chi connectivity index (χ2v) is 4.53. The average Bonchev–Trinajstić information content (AvgIpc) is 2.93. The molecule has 0 saturated carbocycles. The summed E-state index contributed by atoms with van der Waals surface area (Å²) in [5.41, 5.74) is 1.40. The van der Waals surface area contributed by atoms with Crippen molar-refractivity contribution in [2.45, 2.75) is 33.1 Å². The lowest BCUT2D eigenvalue weighted by Gasteiger charge is -2.06. The summed E-state index contributed by atoms with van der Waals surface area (Å²) in [6, 6.07) is 7.14. The van der Waals surface area contributed by atoms with Gasteiger partial charge in [-0.1, -0.05) is 19.1 Å². The number of hydrogen-bond acceptors (Lipinski definition) is 6. The van der Waals surface area contributed by atoms with Crippen LogP contribution in [0.5, 0.6) is 0 Å². The van der Waals surface area contributed by atoms with Crippen LogP contribution in [0.1, 0.15) is 35.1 Å². The standard InChI is InChI=1S/C14H18N4O3/c1-3-7-18-13(15-16-17-18)10-21-14(19)12-6-4-5-11(8-12)9-20-2/h4-6,8H,3,7,9-10H2,1-2H3. The molecule has 0 unspecified atom stereocenters. The zero-order valence-electron chi connectivity index (χ0n) is 12.2. The Morgan fingerprint density at radius 2 is 2.19 bits per heavy atom. The van der Waals surface area contributed by atoms with Crippen molar-refractivity contribution in [3.8, 4) is 0 Å². The van der Waals surface area contributed by atoms with E-state index in [0.717, 1.165) is 12.0 Å². The minimum atomic E-state index is -0.404. The molecule has 0 saturated heterocycles. The number of esters is 1. The summed E-state index contributed by atoms with van der Waals surface area (Å²) in [4.78, 5) is 12.0. The van der Waals surface area contributed by atoms with Crippen molar-refractivity contribution in [2.24, 2.45) is 0 Å². The van der Waals surface area contributed by atoms with Crippen LogP contribution in [0.15, 0.2) is 24.3 Å². The minimum Gasteiger partial charge on any atom is -0.454 e. The first-order valence-corrected chi connectivity index (χ1v) is 6.74. The molecule has 0 radical (unpaired) electrons. The number of nitrogens with zero attached hydrogens (tertiary/aromatic N) is 4. The average molecular weight is 290 g/mol. The molecule has 112 valence electrons. The summed E-state index contributed by atoms with van der Waals surface area (Å²) < 4.78 is 11.9. The maximum Gasteiger partial charge on any atom is 0.338 e. The molecule has 1 aromatic heterocycles. The Bertz CT molecular complexity index is 597. The van der Waals surface area contributed by atoms with E-state index in [2.05, 4.69) is 15.5 Å². The quantitative estimate of drug-likeness (QED) is 0.720. The molecular formula is C14H18N4O3. The van der Waals surface area contributed by atoms with Gasteiger partial charge >= 0.3 is 5.97 Å². The molecule has 0 bridgehead atoms. The third-order valence-electron chi connectivity index (χ3n) is 2.85. The van der Waals surface area contributed by atoms with Gasteiger partial charge in [-0.15, -0.1) is 5.10 Å². The largest absolute Gasteiger partial charge is 0.454 e. The number of rotatable bonds is 7. The zero-order chi connectivity index (χ0) is 15.1. The van der Waals surface area contributed by atoms with E-state index in [1.54, 1.807) is 30.0 Å². The van der Waals surface area contributed by atoms with Crippen LogP contribution >= 0.6 is 0 Å². The van der Waals surface area contributed by atoms with Crippen molar-refractivity contribution in [3.63, 3.8) is 0 Å². The molecule has 2 aromatic rings. The van der Waals surface area contributed by atoms with Gasteiger partial charge in [0, 0.05) is 13.7 Å². The fourth-order valence-electron chi connectivity index (χ4n) is 1.88. The van der Waals surface area contributed by atoms with Crippen LogP contribution in [0, 0.1) is 0 Å². The highest BCUT2D eigenvalue weighted by molar-refractivity contribution is 5.89. The molecule has 7 heteroatoms. The van der Waals surface area contributed by atoms with Gasteiger partial charge in [0.15, 0.2) is 12.4 Å². The molecule has 0 fully saturated rings. The van der Waals surface area contributed by atoms with Gasteiger partial charge in [-0.2, -0.15) is 0 Å². The van der Waals surface area contributed by atoms with Gasteiger partial charge in [0.05, 0.1) is 12.2 Å². The Morgan fingerprint density at radius 1 is 1.33 bits per heavy atom. The molecule has 0 spiro atoms. The van der Waals surface area contributed by atoms with Crippen molar-refractivity contribution < 1.29 is 14.3 Å². The molecule has 0 amide bonds. The predicted octanol–water partition coefficient (Wildman–Crippen LogP) is 1.59. The number of ether oxygens (including phenoxy) is 2. The van der Waals surface area contributed by atoms with Crippen LogP contribution in [0.4, 0.5) is 0 Å². The minimum absolute atomic E-state index is 0.0559. The molecule has 0 aliphatic rings. The Balaban J connectivity index is 1.98. The predicted molar refractivity (Wildman–Crippen MR) is 74.4 cm³/mol. The van der Waals surface area contributed by atoms with Gasteiger partial charge in [-0.3, -0.25) is 0 Å². The highest BCUT2D eigenvalue weighted by Crippen LogP contribution is 2.09. The lowest BCUT2D eigenvalue weighted by atomic mass is 10.1. The summed E-state index contributed by atoms with van der Waals surface area (Å²) >= 11 is 0. The molecule has 1 heterocycles. The van der Waals surface area contributed by atoms with Gasteiger partial charge in [0.2, 0.25) is 0 Å². The summed E-state index contributed by atoms with van der Waals surface area (Å²) in [7, 11) is 1.61. The molecular weight excluding hydrogens is 272 g/mol. The smallest absolute Gasteiger partial charge is 0.338 e. The highest BCUT2D eigenvalue weighted by atomic mass is 16.5. The van der Waals surface area contributed by atoms with Crippen LogP contribution in [-0.4, -0.2) is 33.3 Å². The normalized spacial score (nSPS) is 10.6. The van der Waals surface area contributed by atoms with Gasteiger partial charge in [-0.05, 0) is 34.5 Å². The molecule has 7 nitrogen and oxygen atoms in total. The molecule has 0 aliphatic carbocycles. The summed E-state index contributed by atoms with van der Waals surface area (Å²) in [6.45, 7) is 3.23. The molecule has 0 aliphatic heterocycles. The summed E-state index contributed by atoms with van der Waals surface area (Å²) in [5, 5.41) is 11.3. The van der Waals surface area contributed by atoms with Crippen molar-refractivity contribution in [3.05, 3.63) is 41.2 Å². The third kappa shape index (κ3) is 4.09. The van der Waals surface area contributed by atoms with E-state index in [9.17, 15) is 4.79 Å². The molecule has 21 heavy (non-hydrogen) atoms. The Labute approximate surface area is 122 Å². The molecule has 2 rings (SSSR count). The maximum absolute atomic E-state index is 12.0. The Morgan fingerprint density at radius 3 is 2.95 bits per heavy atom. The van der Waals surface area contributed by atoms with E-state index in [0.29, 0.717) is 24.5 Å². The van der Waals surface area contributed by atoms with Crippen LogP contribution in [0.3, 0.4) is 0 Å². The number of aromatic nitrogens is 4. The van der Waals surface area contributed by atoms with Crippen molar-refractivity contribution in [1.29, 1.82) is 0 Å². The van der Waals surface area contributed by atoms with Crippen molar-refractivity contribution in [2.75, 3.05) is 7.11 Å². The number of carbonyl (C=O) groups excluding carboxylic acids is 1. The molecule has 1 aromatic carbocycles. The zero-order valence-corrected chi connectivity index (χ0v) is 12.2. The first-order valence-electron chi connectivity index (χ1n) is 6.74. The van der Waals surface area contributed by atoms with E-state index >= 15 is 0 Å². The number of methoxy groups -OCH3 is 1. The van der Waals surface area contributed by atoms with Crippen LogP contribution in [0.2, 0.25) is 0 Å². The van der Waals surface area contributed by atoms with Gasteiger partial charge in [0.1, 0.15) is 0 Å². The summed E-state index contributed by atoms with van der Waals surface area (Å²) in [6.07, 6.45) is 0.908. The van der Waals surface area contributed by atoms with Crippen LogP contribution in [-0.2, 0) is 29.2 Å². The van der Waals surface area contributed by atoms with Crippen molar-refractivity contribution in [1.82, 2.24) is 20.2 Å². The molecule has 0 N–H and O–H groups in total. The first-order chi connectivity index (χ1) is 10.2. The van der Waals surface area contributed by atoms with E-state index in [1.165, 1.54) is 0 Å². The molecule has 0 atom stereocenters. The van der Waals surface area contributed by atoms with Gasteiger partial charge in [0.25, 0.3) is 0 Å². The number of carbonyl (C=O) groups is 1. The highest BCUT2D eigenvalue weighted by Gasteiger charge is 2.11. The number of benzene rings is 1. The number of aryl methyl sites for hydroxylation is 1. The van der Waals surface area contributed by atoms with Gasteiger partial charge < -0.3 is 9.47 Å². The van der Waals surface area contributed by atoms with Gasteiger partial charge in [-0.25, -0.2) is 9.48 Å². The summed E-state index contributed by atoms with van der Waals surface area (Å²) in [5.74, 6) is 0.136. The van der Waals surface area contributed by atoms with E-state index in [1.807, 2.05) is 13.0 Å². The lowest BCUT2D eigenvalue weighted by Crippen LogP contribution is -2.11. The second kappa shape index (κ2) is 7.49. The van der Waals surface area contributed by atoms with Crippen molar-refractivity contribution >= 4 is 5.97 Å².